The minimum atomic E-state index is -4.12. The van der Waals surface area contributed by atoms with Gasteiger partial charge in [0.1, 0.15) is 23.2 Å². The van der Waals surface area contributed by atoms with Crippen molar-refractivity contribution in [2.45, 2.75) is 30.4 Å². The Labute approximate surface area is 265 Å². The number of carboxylic acid groups (broad SMARTS) is 2. The monoisotopic (exact) mass is 671 g/mol. The number of benzene rings is 1. The van der Waals surface area contributed by atoms with Crippen LogP contribution >= 0.6 is 11.8 Å². The summed E-state index contributed by atoms with van der Waals surface area (Å²) in [5.41, 5.74) is 0.301. The van der Waals surface area contributed by atoms with Crippen LogP contribution in [-0.2, 0) is 37.5 Å². The van der Waals surface area contributed by atoms with Gasteiger partial charge < -0.3 is 25.8 Å². The number of pyridine rings is 1. The lowest BCUT2D eigenvalue weighted by atomic mass is 10.0. The summed E-state index contributed by atoms with van der Waals surface area (Å²) in [6.45, 7) is 0.119. The Morgan fingerprint density at radius 3 is 2.41 bits per heavy atom. The van der Waals surface area contributed by atoms with Crippen LogP contribution < -0.4 is 15.2 Å². The molecule has 5 rings (SSSR count). The number of aromatic nitrogens is 3. The first-order valence-corrected chi connectivity index (χ1v) is 16.3. The largest absolute Gasteiger partial charge is 0.477 e. The minimum absolute atomic E-state index is 0.0941. The van der Waals surface area contributed by atoms with E-state index in [0.717, 1.165) is 11.2 Å². The zero-order chi connectivity index (χ0) is 33.2. The predicted molar refractivity (Wildman–Crippen MR) is 159 cm³/mol. The molecule has 1 unspecified atom stereocenters. The summed E-state index contributed by atoms with van der Waals surface area (Å²) in [7, 11) is -4.12. The van der Waals surface area contributed by atoms with Gasteiger partial charge in [-0.05, 0) is 17.5 Å². The van der Waals surface area contributed by atoms with Crippen molar-refractivity contribution in [1.29, 1.82) is 0 Å². The number of imidazole rings is 1. The topological polar surface area (TPSA) is 240 Å². The lowest BCUT2D eigenvalue weighted by Crippen LogP contribution is -2.71. The SMILES string of the molecule is O=C(O)C1=C(C[n+]2ccc(CCS(=O)(=O)O)cc2)CS[C@@H]2[C@H](NC(=O)C(NC(=O)c3nc[nH]c3C(=O)O)c3ccccc3)C(=O)N12. The number of hydrogen-bond donors (Lipinski definition) is 6. The number of rotatable bonds is 12. The number of hydrogen-bond acceptors (Lipinski definition) is 9. The van der Waals surface area contributed by atoms with Crippen molar-refractivity contribution in [2.75, 3.05) is 11.5 Å². The number of carboxylic acids is 2. The predicted octanol–water partition coefficient (Wildman–Crippen LogP) is -0.264. The number of nitrogens with one attached hydrogen (secondary N) is 3. The number of carbonyl (C=O) groups excluding carboxylic acids is 3. The molecule has 46 heavy (non-hydrogen) atoms. The summed E-state index contributed by atoms with van der Waals surface area (Å²) in [5, 5.41) is 23.7. The van der Waals surface area contributed by atoms with Crippen molar-refractivity contribution in [2.24, 2.45) is 0 Å². The smallest absolute Gasteiger partial charge is 0.354 e. The average Bonchev–Trinajstić information content (AvgIpc) is 3.52. The Morgan fingerprint density at radius 1 is 1.09 bits per heavy atom. The van der Waals surface area contributed by atoms with Crippen molar-refractivity contribution in [3.8, 4) is 0 Å². The number of aryl methyl sites for hydroxylation is 1. The quantitative estimate of drug-likeness (QED) is 0.0829. The molecule has 1 saturated heterocycles. The van der Waals surface area contributed by atoms with Crippen molar-refractivity contribution in [1.82, 2.24) is 25.5 Å². The van der Waals surface area contributed by atoms with Crippen LogP contribution in [-0.4, -0.2) is 90.6 Å². The number of H-pyrrole nitrogens is 1. The van der Waals surface area contributed by atoms with Gasteiger partial charge in [0.15, 0.2) is 30.3 Å². The third-order valence-corrected chi connectivity index (χ3v) is 9.33. The Hall–Kier alpha value is -5.07. The molecule has 3 amide bonds. The molecule has 4 heterocycles. The Balaban J connectivity index is 1.31. The van der Waals surface area contributed by atoms with Crippen molar-refractivity contribution >= 4 is 51.5 Å². The molecule has 1 fully saturated rings. The van der Waals surface area contributed by atoms with E-state index >= 15 is 0 Å². The van der Waals surface area contributed by atoms with Crippen LogP contribution in [0.5, 0.6) is 0 Å². The number of fused-ring (bicyclic) bond motifs is 1. The van der Waals surface area contributed by atoms with E-state index < -0.39 is 74.4 Å². The lowest BCUT2D eigenvalue weighted by molar-refractivity contribution is -0.689. The summed E-state index contributed by atoms with van der Waals surface area (Å²) in [6, 6.07) is 8.91. The third-order valence-electron chi connectivity index (χ3n) is 7.27. The molecule has 0 radical (unpaired) electrons. The van der Waals surface area contributed by atoms with Crippen LogP contribution in [0.2, 0.25) is 0 Å². The third kappa shape index (κ3) is 6.93. The normalized spacial score (nSPS) is 18.3. The van der Waals surface area contributed by atoms with Gasteiger partial charge in [-0.1, -0.05) is 30.3 Å². The Morgan fingerprint density at radius 2 is 1.78 bits per heavy atom. The second-order valence-electron chi connectivity index (χ2n) is 10.3. The fourth-order valence-corrected chi connectivity index (χ4v) is 6.87. The zero-order valence-corrected chi connectivity index (χ0v) is 25.3. The van der Waals surface area contributed by atoms with Crippen LogP contribution in [0.3, 0.4) is 0 Å². The highest BCUT2D eigenvalue weighted by atomic mass is 32.2. The van der Waals surface area contributed by atoms with Gasteiger partial charge in [0.25, 0.3) is 21.9 Å². The number of aromatic amines is 1. The number of thioether (sulfide) groups is 1. The van der Waals surface area contributed by atoms with E-state index in [1.807, 2.05) is 0 Å². The van der Waals surface area contributed by atoms with E-state index in [0.29, 0.717) is 16.7 Å². The van der Waals surface area contributed by atoms with Gasteiger partial charge in [-0.15, -0.1) is 11.8 Å². The maximum atomic E-state index is 13.5. The van der Waals surface area contributed by atoms with E-state index in [2.05, 4.69) is 20.6 Å². The summed E-state index contributed by atoms with van der Waals surface area (Å²) >= 11 is 1.25. The van der Waals surface area contributed by atoms with Crippen LogP contribution in [0, 0.1) is 0 Å². The highest BCUT2D eigenvalue weighted by Crippen LogP contribution is 2.40. The number of nitrogens with zero attached hydrogens (tertiary/aromatic N) is 3. The van der Waals surface area contributed by atoms with E-state index in [1.54, 1.807) is 59.4 Å². The molecule has 2 aliphatic heterocycles. The highest BCUT2D eigenvalue weighted by Gasteiger charge is 2.55. The maximum absolute atomic E-state index is 13.5. The molecule has 3 atom stereocenters. The number of amides is 3. The van der Waals surface area contributed by atoms with Crippen molar-refractivity contribution in [3.05, 3.63) is 95.0 Å². The first-order valence-electron chi connectivity index (χ1n) is 13.6. The molecule has 1 aromatic carbocycles. The molecule has 0 aliphatic carbocycles. The summed E-state index contributed by atoms with van der Waals surface area (Å²) in [4.78, 5) is 70.7. The first-order chi connectivity index (χ1) is 21.8. The molecule has 18 heteroatoms. The average molecular weight is 672 g/mol. The fourth-order valence-electron chi connectivity index (χ4n) is 5.04. The number of β-lactam (4-membered cyclic amide) rings is 1. The number of carbonyl (C=O) groups is 5. The standard InChI is InChI=1S/C28H26N6O10S2/c35-23(18(16-4-2-1-3-5-16)31-24(36)19-20(27(38)39)30-14-29-19)32-21-25(37)34-22(28(40)41)17(13-45-26(21)34)12-33-9-6-15(7-10-33)8-11-46(42,43)44/h1-7,9-10,14,18,21,26H,8,11-13H2,(H5-,29,30,31,32,35,36,38,39,40,41,42,43,44)/p+1/t18?,21-,26-/m1/s1. The zero-order valence-electron chi connectivity index (χ0n) is 23.7. The van der Waals surface area contributed by atoms with E-state index in [4.69, 9.17) is 4.55 Å². The molecule has 2 aliphatic rings. The minimum Gasteiger partial charge on any atom is -0.477 e. The van der Waals surface area contributed by atoms with Gasteiger partial charge in [-0.2, -0.15) is 8.42 Å². The molecule has 2 aromatic heterocycles. The van der Waals surface area contributed by atoms with Crippen molar-refractivity contribution < 1.29 is 51.7 Å². The van der Waals surface area contributed by atoms with Gasteiger partial charge in [-0.3, -0.25) is 23.8 Å². The summed E-state index contributed by atoms with van der Waals surface area (Å²) in [5.74, 6) is -5.35. The Kier molecular flexibility index (Phi) is 9.22. The molecule has 16 nitrogen and oxygen atoms in total. The Bertz CT molecular complexity index is 1840. The second kappa shape index (κ2) is 13.1. The van der Waals surface area contributed by atoms with Gasteiger partial charge in [0.05, 0.1) is 12.1 Å². The number of aromatic carboxylic acids is 1. The summed E-state index contributed by atoms with van der Waals surface area (Å²) < 4.78 is 32.7. The molecule has 0 bridgehead atoms. The summed E-state index contributed by atoms with van der Waals surface area (Å²) in [6.07, 6.45) is 4.38. The van der Waals surface area contributed by atoms with Gasteiger partial charge in [0, 0.05) is 23.5 Å². The maximum Gasteiger partial charge on any atom is 0.354 e. The van der Waals surface area contributed by atoms with Crippen LogP contribution in [0.1, 0.15) is 38.1 Å². The van der Waals surface area contributed by atoms with Crippen LogP contribution in [0.15, 0.2) is 72.5 Å². The molecule has 6 N–H and O–H groups in total. The van der Waals surface area contributed by atoms with Crippen LogP contribution in [0.25, 0.3) is 0 Å². The molecule has 0 saturated carbocycles. The molecular formula is C28H27N6O10S2+. The molecule has 0 spiro atoms. The molecule has 3 aromatic rings. The fraction of sp³-hybridized carbons (Fsp3) is 0.250. The highest BCUT2D eigenvalue weighted by molar-refractivity contribution is 8.00. The lowest BCUT2D eigenvalue weighted by Gasteiger charge is -2.49. The van der Waals surface area contributed by atoms with E-state index in [9.17, 15) is 42.6 Å². The van der Waals surface area contributed by atoms with E-state index in [-0.39, 0.29) is 24.4 Å². The van der Waals surface area contributed by atoms with Crippen molar-refractivity contribution in [3.63, 3.8) is 0 Å². The van der Waals surface area contributed by atoms with Gasteiger partial charge in [-0.25, -0.2) is 19.1 Å². The van der Waals surface area contributed by atoms with Gasteiger partial charge in [0.2, 0.25) is 5.91 Å². The van der Waals surface area contributed by atoms with Gasteiger partial charge >= 0.3 is 11.9 Å². The van der Waals surface area contributed by atoms with E-state index in [1.165, 1.54) is 11.8 Å². The van der Waals surface area contributed by atoms with Crippen LogP contribution in [0.4, 0.5) is 0 Å². The molecular weight excluding hydrogens is 644 g/mol. The number of aliphatic carboxylic acids is 1. The first kappa shape index (κ1) is 32.3. The molecule has 240 valence electrons. The second-order valence-corrected chi connectivity index (χ2v) is 13.0.